The number of hydrogen-bond donors (Lipinski definition) is 2. The number of H-pyrrole nitrogens is 1. The van der Waals surface area contributed by atoms with Crippen molar-refractivity contribution in [1.82, 2.24) is 9.97 Å². The van der Waals surface area contributed by atoms with Crippen molar-refractivity contribution < 1.29 is 10.0 Å². The molecule has 0 saturated carbocycles. The molecule has 1 heterocycles. The molecule has 6 heteroatoms. The molecule has 0 fully saturated rings. The lowest BCUT2D eigenvalue weighted by Gasteiger charge is -2.12. The highest BCUT2D eigenvalue weighted by Gasteiger charge is 2.05. The van der Waals surface area contributed by atoms with Gasteiger partial charge in [-0.3, -0.25) is 4.79 Å². The smallest absolute Gasteiger partial charge is 0.254 e. The zero-order chi connectivity index (χ0) is 12.8. The number of nitrogens with one attached hydrogen (secondary N) is 2. The minimum atomic E-state index is -0.379. The van der Waals surface area contributed by atoms with Gasteiger partial charge in [0.15, 0.2) is 5.16 Å². The van der Waals surface area contributed by atoms with Gasteiger partial charge in [0.2, 0.25) is 0 Å². The summed E-state index contributed by atoms with van der Waals surface area (Å²) in [5, 5.41) is 12.0. The Bertz CT molecular complexity index is 418. The van der Waals surface area contributed by atoms with E-state index in [4.69, 9.17) is 0 Å². The van der Waals surface area contributed by atoms with Gasteiger partial charge < -0.3 is 15.0 Å². The molecule has 17 heavy (non-hydrogen) atoms. The second-order valence-corrected chi connectivity index (χ2v) is 5.29. The van der Waals surface area contributed by atoms with Crippen molar-refractivity contribution in [2.75, 3.05) is 26.4 Å². The molecule has 0 aliphatic carbocycles. The molecule has 1 rings (SSSR count). The SMILES string of the molecule is CCCc1c([O-])nc(SCC[NH+](C)C)[nH]c1=O. The van der Waals surface area contributed by atoms with Crippen LogP contribution in [-0.2, 0) is 6.42 Å². The molecule has 1 aromatic rings. The van der Waals surface area contributed by atoms with Crippen LogP contribution in [-0.4, -0.2) is 36.4 Å². The second kappa shape index (κ2) is 6.66. The minimum absolute atomic E-state index is 0.273. The zero-order valence-electron chi connectivity index (χ0n) is 10.5. The Hall–Kier alpha value is -1.01. The third kappa shape index (κ3) is 4.40. The van der Waals surface area contributed by atoms with Gasteiger partial charge in [-0.2, -0.15) is 0 Å². The average molecular weight is 257 g/mol. The zero-order valence-corrected chi connectivity index (χ0v) is 11.3. The fraction of sp³-hybridized carbons (Fsp3) is 0.636. The first-order valence-corrected chi connectivity index (χ1v) is 6.75. The number of nitrogens with zero attached hydrogens (tertiary/aromatic N) is 1. The first-order valence-electron chi connectivity index (χ1n) is 5.76. The van der Waals surface area contributed by atoms with E-state index in [2.05, 4.69) is 24.1 Å². The van der Waals surface area contributed by atoms with E-state index in [9.17, 15) is 9.90 Å². The Morgan fingerprint density at radius 3 is 2.71 bits per heavy atom. The Morgan fingerprint density at radius 1 is 1.47 bits per heavy atom. The molecule has 0 unspecified atom stereocenters. The molecule has 0 saturated heterocycles. The van der Waals surface area contributed by atoms with E-state index in [0.29, 0.717) is 11.6 Å². The molecule has 0 amide bonds. The summed E-state index contributed by atoms with van der Waals surface area (Å²) < 4.78 is 0. The lowest BCUT2D eigenvalue weighted by molar-refractivity contribution is -0.855. The van der Waals surface area contributed by atoms with Crippen LogP contribution in [0.25, 0.3) is 0 Å². The molecule has 0 spiro atoms. The summed E-state index contributed by atoms with van der Waals surface area (Å²) in [6.07, 6.45) is 1.27. The minimum Gasteiger partial charge on any atom is -0.858 e. The molecule has 5 nitrogen and oxygen atoms in total. The van der Waals surface area contributed by atoms with Crippen molar-refractivity contribution in [3.8, 4) is 5.88 Å². The van der Waals surface area contributed by atoms with Crippen molar-refractivity contribution in [1.29, 1.82) is 0 Å². The van der Waals surface area contributed by atoms with Crippen LogP contribution < -0.4 is 15.6 Å². The topological polar surface area (TPSA) is 73.2 Å². The lowest BCUT2D eigenvalue weighted by atomic mass is 10.2. The molecular weight excluding hydrogens is 238 g/mol. The summed E-state index contributed by atoms with van der Waals surface area (Å²) in [6.45, 7) is 2.89. The van der Waals surface area contributed by atoms with Crippen molar-refractivity contribution in [3.63, 3.8) is 0 Å². The number of hydrogen-bond acceptors (Lipinski definition) is 4. The van der Waals surface area contributed by atoms with Crippen LogP contribution in [0, 0.1) is 0 Å². The highest BCUT2D eigenvalue weighted by atomic mass is 32.2. The molecule has 0 radical (unpaired) electrons. The van der Waals surface area contributed by atoms with Gasteiger partial charge in [-0.25, -0.2) is 4.98 Å². The van der Waals surface area contributed by atoms with Crippen LogP contribution in [0.15, 0.2) is 9.95 Å². The first kappa shape index (κ1) is 14.1. The molecule has 0 aliphatic heterocycles. The third-order valence-corrected chi connectivity index (χ3v) is 3.17. The highest BCUT2D eigenvalue weighted by Crippen LogP contribution is 2.14. The van der Waals surface area contributed by atoms with E-state index in [1.807, 2.05) is 6.92 Å². The van der Waals surface area contributed by atoms with Gasteiger partial charge >= 0.3 is 0 Å². The maximum atomic E-state index is 11.6. The van der Waals surface area contributed by atoms with Crippen molar-refractivity contribution in [2.24, 2.45) is 0 Å². The van der Waals surface area contributed by atoms with E-state index in [1.54, 1.807) is 0 Å². The molecule has 2 N–H and O–H groups in total. The molecular formula is C11H19N3O2S. The highest BCUT2D eigenvalue weighted by molar-refractivity contribution is 7.99. The van der Waals surface area contributed by atoms with E-state index in [0.717, 1.165) is 18.7 Å². The van der Waals surface area contributed by atoms with Crippen molar-refractivity contribution in [2.45, 2.75) is 24.9 Å². The number of thioether (sulfide) groups is 1. The normalized spacial score (nSPS) is 11.1. The summed E-state index contributed by atoms with van der Waals surface area (Å²) in [7, 11) is 4.11. The van der Waals surface area contributed by atoms with Crippen molar-refractivity contribution >= 4 is 11.8 Å². The van der Waals surface area contributed by atoms with Gasteiger partial charge in [0.1, 0.15) is 0 Å². The van der Waals surface area contributed by atoms with Gasteiger partial charge in [0, 0.05) is 5.56 Å². The number of rotatable bonds is 6. The van der Waals surface area contributed by atoms with E-state index in [-0.39, 0.29) is 17.0 Å². The summed E-state index contributed by atoms with van der Waals surface area (Å²) in [5.41, 5.74) is -0.0124. The van der Waals surface area contributed by atoms with Crippen LogP contribution in [0.4, 0.5) is 0 Å². The maximum absolute atomic E-state index is 11.6. The Kier molecular flexibility index (Phi) is 5.50. The lowest BCUT2D eigenvalue weighted by Crippen LogP contribution is -3.06. The van der Waals surface area contributed by atoms with Gasteiger partial charge in [-0.05, 0) is 12.3 Å². The number of aromatic amines is 1. The summed E-state index contributed by atoms with van der Waals surface area (Å²) >= 11 is 1.42. The van der Waals surface area contributed by atoms with Gasteiger partial charge in [0.05, 0.1) is 26.4 Å². The predicted octanol–water partition coefficient (Wildman–Crippen LogP) is -0.967. The molecule has 0 bridgehead atoms. The third-order valence-electron chi connectivity index (χ3n) is 2.30. The molecule has 1 aromatic heterocycles. The van der Waals surface area contributed by atoms with Crippen LogP contribution in [0.2, 0.25) is 0 Å². The predicted molar refractivity (Wildman–Crippen MR) is 66.7 cm³/mol. The molecule has 0 atom stereocenters. The fourth-order valence-electron chi connectivity index (χ4n) is 1.35. The van der Waals surface area contributed by atoms with Crippen LogP contribution in [0.5, 0.6) is 5.88 Å². The van der Waals surface area contributed by atoms with Gasteiger partial charge in [-0.1, -0.05) is 25.1 Å². The average Bonchev–Trinajstić information content (AvgIpc) is 2.23. The number of quaternary nitrogens is 1. The van der Waals surface area contributed by atoms with Gasteiger partial charge in [-0.15, -0.1) is 0 Å². The number of aromatic nitrogens is 2. The largest absolute Gasteiger partial charge is 0.858 e. The second-order valence-electron chi connectivity index (χ2n) is 4.21. The van der Waals surface area contributed by atoms with Crippen LogP contribution in [0.1, 0.15) is 18.9 Å². The van der Waals surface area contributed by atoms with Gasteiger partial charge in [0.25, 0.3) is 5.56 Å². The summed E-state index contributed by atoms with van der Waals surface area (Å²) in [4.78, 5) is 19.5. The quantitative estimate of drug-likeness (QED) is 0.508. The van der Waals surface area contributed by atoms with E-state index in [1.165, 1.54) is 16.7 Å². The standard InChI is InChI=1S/C11H19N3O2S/c1-4-5-8-9(15)12-11(13-10(8)16)17-7-6-14(2)3/h4-7H2,1-3H3,(H2,12,13,15,16). The Labute approximate surface area is 105 Å². The maximum Gasteiger partial charge on any atom is 0.254 e. The molecule has 0 aromatic carbocycles. The van der Waals surface area contributed by atoms with Crippen LogP contribution in [0.3, 0.4) is 0 Å². The van der Waals surface area contributed by atoms with E-state index >= 15 is 0 Å². The Morgan fingerprint density at radius 2 is 2.18 bits per heavy atom. The van der Waals surface area contributed by atoms with E-state index < -0.39 is 0 Å². The first-order chi connectivity index (χ1) is 8.04. The summed E-state index contributed by atoms with van der Waals surface area (Å²) in [5.74, 6) is 0.452. The Balaban J connectivity index is 2.73. The molecule has 96 valence electrons. The monoisotopic (exact) mass is 257 g/mol. The summed E-state index contributed by atoms with van der Waals surface area (Å²) in [6, 6.07) is 0. The molecule has 0 aliphatic rings. The fourth-order valence-corrected chi connectivity index (χ4v) is 2.36. The van der Waals surface area contributed by atoms with Crippen molar-refractivity contribution in [3.05, 3.63) is 15.9 Å². The van der Waals surface area contributed by atoms with Crippen LogP contribution >= 0.6 is 11.8 Å².